The van der Waals surface area contributed by atoms with Crippen molar-refractivity contribution in [3.63, 3.8) is 0 Å². The van der Waals surface area contributed by atoms with E-state index in [0.29, 0.717) is 18.9 Å². The van der Waals surface area contributed by atoms with Crippen molar-refractivity contribution in [2.45, 2.75) is 13.8 Å². The monoisotopic (exact) mass is 289 g/mol. The van der Waals surface area contributed by atoms with Crippen LogP contribution in [0.1, 0.15) is 13.8 Å². The number of benzene rings is 1. The Balaban J connectivity index is 2.28. The number of ether oxygens (including phenoxy) is 1. The van der Waals surface area contributed by atoms with E-state index in [9.17, 15) is 9.90 Å². The molecule has 1 heterocycles. The molecule has 0 unspecified atom stereocenters. The van der Waals surface area contributed by atoms with Crippen molar-refractivity contribution in [3.8, 4) is 0 Å². The number of allylic oxidation sites excluding steroid dienone is 2. The van der Waals surface area contributed by atoms with Crippen LogP contribution in [-0.2, 0) is 9.53 Å². The second-order valence-electron chi connectivity index (χ2n) is 4.78. The Kier molecular flexibility index (Phi) is 5.05. The summed E-state index contributed by atoms with van der Waals surface area (Å²) in [6.07, 6.45) is 0. The number of para-hydroxylation sites is 1. The van der Waals surface area contributed by atoms with Crippen LogP contribution in [-0.4, -0.2) is 37.2 Å². The van der Waals surface area contributed by atoms with Gasteiger partial charge in [0.25, 0.3) is 0 Å². The second-order valence-corrected chi connectivity index (χ2v) is 4.78. The van der Waals surface area contributed by atoms with Gasteiger partial charge in [-0.2, -0.15) is 0 Å². The summed E-state index contributed by atoms with van der Waals surface area (Å²) in [5.74, 6) is -0.447. The highest BCUT2D eigenvalue weighted by Gasteiger charge is 2.14. The lowest BCUT2D eigenvalue weighted by Crippen LogP contribution is -2.36. The Morgan fingerprint density at radius 3 is 2.52 bits per heavy atom. The normalized spacial score (nSPS) is 17.0. The Bertz CT molecular complexity index is 571. The van der Waals surface area contributed by atoms with Crippen molar-refractivity contribution >= 4 is 17.2 Å². The molecule has 1 fully saturated rings. The molecule has 6 heteroatoms. The molecule has 6 nitrogen and oxygen atoms in total. The van der Waals surface area contributed by atoms with E-state index in [0.717, 1.165) is 18.8 Å². The number of Topliss-reactive ketones (excluding diaryl/α,β-unsaturated/α-hetero) is 1. The number of rotatable bonds is 4. The van der Waals surface area contributed by atoms with E-state index in [1.165, 1.54) is 13.8 Å². The fourth-order valence-corrected chi connectivity index (χ4v) is 2.12. The molecule has 0 aromatic heterocycles. The minimum Gasteiger partial charge on any atom is -0.510 e. The van der Waals surface area contributed by atoms with Gasteiger partial charge in [-0.3, -0.25) is 4.79 Å². The average molecular weight is 289 g/mol. The zero-order valence-electron chi connectivity index (χ0n) is 12.2. The average Bonchev–Trinajstić information content (AvgIpc) is 2.48. The third-order valence-electron chi connectivity index (χ3n) is 3.17. The molecular formula is C15H19N3O3. The fraction of sp³-hybridized carbons (Fsp3) is 0.400. The number of hydrogen-bond acceptors (Lipinski definition) is 6. The van der Waals surface area contributed by atoms with Crippen molar-refractivity contribution < 1.29 is 14.6 Å². The van der Waals surface area contributed by atoms with Gasteiger partial charge in [-0.05, 0) is 19.1 Å². The van der Waals surface area contributed by atoms with Crippen molar-refractivity contribution in [1.82, 2.24) is 0 Å². The first-order valence-corrected chi connectivity index (χ1v) is 6.84. The van der Waals surface area contributed by atoms with Crippen LogP contribution < -0.4 is 4.90 Å². The van der Waals surface area contributed by atoms with Crippen molar-refractivity contribution in [2.24, 2.45) is 10.2 Å². The van der Waals surface area contributed by atoms with Crippen LogP contribution in [0.3, 0.4) is 0 Å². The van der Waals surface area contributed by atoms with Gasteiger partial charge >= 0.3 is 0 Å². The van der Waals surface area contributed by atoms with Gasteiger partial charge in [0.1, 0.15) is 11.4 Å². The number of carbonyl (C=O) groups is 1. The smallest absolute Gasteiger partial charge is 0.183 e. The molecule has 1 aromatic rings. The van der Waals surface area contributed by atoms with Gasteiger partial charge in [0.15, 0.2) is 11.5 Å². The molecule has 21 heavy (non-hydrogen) atoms. The zero-order chi connectivity index (χ0) is 15.2. The summed E-state index contributed by atoms with van der Waals surface area (Å²) in [6, 6.07) is 7.59. The Labute approximate surface area is 123 Å². The van der Waals surface area contributed by atoms with Gasteiger partial charge in [-0.1, -0.05) is 12.1 Å². The molecule has 0 atom stereocenters. The Hall–Kier alpha value is -2.21. The van der Waals surface area contributed by atoms with Crippen LogP contribution in [0.2, 0.25) is 0 Å². The summed E-state index contributed by atoms with van der Waals surface area (Å²) in [6.45, 7) is 5.72. The van der Waals surface area contributed by atoms with E-state index < -0.39 is 0 Å². The minimum atomic E-state index is -0.317. The van der Waals surface area contributed by atoms with Gasteiger partial charge in [0.2, 0.25) is 0 Å². The molecule has 1 aromatic carbocycles. The third-order valence-corrected chi connectivity index (χ3v) is 3.17. The molecular weight excluding hydrogens is 270 g/mol. The molecule has 112 valence electrons. The van der Waals surface area contributed by atoms with Gasteiger partial charge in [0, 0.05) is 20.0 Å². The maximum Gasteiger partial charge on any atom is 0.183 e. The van der Waals surface area contributed by atoms with E-state index in [1.807, 2.05) is 24.3 Å². The number of aliphatic hydroxyl groups excluding tert-OH is 1. The largest absolute Gasteiger partial charge is 0.510 e. The highest BCUT2D eigenvalue weighted by atomic mass is 16.5. The quantitative estimate of drug-likeness (QED) is 0.525. The zero-order valence-corrected chi connectivity index (χ0v) is 12.2. The number of azo groups is 1. The lowest BCUT2D eigenvalue weighted by atomic mass is 10.2. The van der Waals surface area contributed by atoms with E-state index in [-0.39, 0.29) is 17.2 Å². The van der Waals surface area contributed by atoms with E-state index >= 15 is 0 Å². The molecule has 0 aliphatic carbocycles. The number of aliphatic hydroxyl groups is 1. The first kappa shape index (κ1) is 15.2. The van der Waals surface area contributed by atoms with Crippen LogP contribution in [0.4, 0.5) is 11.4 Å². The molecule has 1 saturated heterocycles. The minimum absolute atomic E-state index is 0.0215. The summed E-state index contributed by atoms with van der Waals surface area (Å²) in [5.41, 5.74) is 1.59. The molecule has 0 spiro atoms. The maximum atomic E-state index is 11.4. The van der Waals surface area contributed by atoms with Crippen molar-refractivity contribution in [3.05, 3.63) is 35.7 Å². The summed E-state index contributed by atoms with van der Waals surface area (Å²) in [5, 5.41) is 17.5. The number of nitrogens with zero attached hydrogens (tertiary/aromatic N) is 3. The lowest BCUT2D eigenvalue weighted by Gasteiger charge is -2.29. The van der Waals surface area contributed by atoms with Crippen LogP contribution in [0.5, 0.6) is 0 Å². The molecule has 1 aliphatic heterocycles. The first-order valence-electron chi connectivity index (χ1n) is 6.84. The number of hydrogen-bond donors (Lipinski definition) is 1. The van der Waals surface area contributed by atoms with Gasteiger partial charge < -0.3 is 14.7 Å². The second kappa shape index (κ2) is 6.99. The van der Waals surface area contributed by atoms with E-state index in [4.69, 9.17) is 4.74 Å². The molecule has 1 N–H and O–H groups in total. The fourth-order valence-electron chi connectivity index (χ4n) is 2.12. The molecule has 1 aliphatic rings. The van der Waals surface area contributed by atoms with Crippen LogP contribution in [0.25, 0.3) is 0 Å². The molecule has 0 saturated carbocycles. The van der Waals surface area contributed by atoms with Gasteiger partial charge in [0.05, 0.1) is 18.9 Å². The van der Waals surface area contributed by atoms with Gasteiger partial charge in [-0.15, -0.1) is 10.2 Å². The highest BCUT2D eigenvalue weighted by molar-refractivity contribution is 5.93. The topological polar surface area (TPSA) is 74.5 Å². The Morgan fingerprint density at radius 1 is 1.24 bits per heavy atom. The van der Waals surface area contributed by atoms with E-state index in [2.05, 4.69) is 15.1 Å². The lowest BCUT2D eigenvalue weighted by molar-refractivity contribution is -0.113. The summed E-state index contributed by atoms with van der Waals surface area (Å²) < 4.78 is 5.34. The summed E-state index contributed by atoms with van der Waals surface area (Å²) in [7, 11) is 0. The maximum absolute atomic E-state index is 11.4. The standard InChI is InChI=1S/C15H19N3O3/c1-11(19)15(12(2)20)17-16-13-5-3-4-6-14(13)18-7-9-21-10-8-18/h3-6,19H,7-10H2,1-2H3. The predicted molar refractivity (Wildman–Crippen MR) is 80.0 cm³/mol. The number of ketones is 1. The molecule has 0 bridgehead atoms. The summed E-state index contributed by atoms with van der Waals surface area (Å²) in [4.78, 5) is 13.6. The van der Waals surface area contributed by atoms with E-state index in [1.54, 1.807) is 0 Å². The first-order chi connectivity index (χ1) is 10.1. The molecule has 0 amide bonds. The Morgan fingerprint density at radius 2 is 1.90 bits per heavy atom. The molecule has 2 rings (SSSR count). The van der Waals surface area contributed by atoms with Crippen molar-refractivity contribution in [2.75, 3.05) is 31.2 Å². The number of morpholine rings is 1. The van der Waals surface area contributed by atoms with Crippen molar-refractivity contribution in [1.29, 1.82) is 0 Å². The number of carbonyl (C=O) groups excluding carboxylic acids is 1. The number of anilines is 1. The summed E-state index contributed by atoms with van der Waals surface area (Å²) >= 11 is 0. The third kappa shape index (κ3) is 3.88. The molecule has 0 radical (unpaired) electrons. The highest BCUT2D eigenvalue weighted by Crippen LogP contribution is 2.29. The predicted octanol–water partition coefficient (Wildman–Crippen LogP) is 2.99. The van der Waals surface area contributed by atoms with Gasteiger partial charge in [-0.25, -0.2) is 0 Å². The van der Waals surface area contributed by atoms with Crippen LogP contribution >= 0.6 is 0 Å². The van der Waals surface area contributed by atoms with Crippen LogP contribution in [0.15, 0.2) is 46.0 Å². The SMILES string of the molecule is CC(=O)C(N=Nc1ccccc1N1CCOCC1)=C(C)O. The van der Waals surface area contributed by atoms with Crippen LogP contribution in [0, 0.1) is 0 Å².